The minimum atomic E-state index is -0.913. The van der Waals surface area contributed by atoms with Gasteiger partial charge in [0, 0.05) is 12.1 Å². The first-order chi connectivity index (χ1) is 7.14. The molecule has 0 saturated carbocycles. The molecule has 84 valence electrons. The Bertz CT molecular complexity index is 272. The molecule has 3 aliphatic rings. The Balaban J connectivity index is 1.88. The fourth-order valence-corrected chi connectivity index (χ4v) is 3.45. The van der Waals surface area contributed by atoms with E-state index in [0.29, 0.717) is 12.6 Å². The van der Waals surface area contributed by atoms with Gasteiger partial charge in [-0.15, -0.1) is 0 Å². The molecule has 3 aliphatic heterocycles. The topological polar surface area (TPSA) is 36.0 Å². The Morgan fingerprint density at radius 3 is 2.87 bits per heavy atom. The second-order valence-electron chi connectivity index (χ2n) is 5.19. The van der Waals surface area contributed by atoms with Gasteiger partial charge in [-0.05, 0) is 26.1 Å². The molecular weight excluding hydrogens is 196 g/mol. The molecule has 5 heteroatoms. The summed E-state index contributed by atoms with van der Waals surface area (Å²) in [7, 11) is -0.533. The van der Waals surface area contributed by atoms with Crippen LogP contribution in [-0.4, -0.2) is 47.3 Å². The van der Waals surface area contributed by atoms with Gasteiger partial charge in [-0.1, -0.05) is 6.42 Å². The summed E-state index contributed by atoms with van der Waals surface area (Å²) in [4.78, 5) is 1.96. The maximum absolute atomic E-state index is 14.2. The lowest BCUT2D eigenvalue weighted by atomic mass is 9.68. The molecule has 3 heterocycles. The predicted molar refractivity (Wildman–Crippen MR) is 55.3 cm³/mol. The van der Waals surface area contributed by atoms with Gasteiger partial charge in [-0.25, -0.2) is 4.39 Å². The number of piperidine rings is 2. The number of hydrogen-bond donors (Lipinski definition) is 1. The van der Waals surface area contributed by atoms with Crippen LogP contribution in [0.1, 0.15) is 25.7 Å². The lowest BCUT2D eigenvalue weighted by molar-refractivity contribution is -0.0220. The van der Waals surface area contributed by atoms with Crippen molar-refractivity contribution in [2.45, 2.75) is 56.4 Å². The normalized spacial score (nSPS) is 49.4. The van der Waals surface area contributed by atoms with E-state index in [1.165, 1.54) is 0 Å². The third kappa shape index (κ3) is 1.36. The summed E-state index contributed by atoms with van der Waals surface area (Å²) in [6, 6.07) is 0.193. The van der Waals surface area contributed by atoms with Gasteiger partial charge < -0.3 is 14.6 Å². The van der Waals surface area contributed by atoms with Gasteiger partial charge in [0.05, 0.1) is 6.61 Å². The monoisotopic (exact) mass is 213 g/mol. The summed E-state index contributed by atoms with van der Waals surface area (Å²) in [6.07, 6.45) is 2.85. The van der Waals surface area contributed by atoms with Crippen molar-refractivity contribution in [1.82, 2.24) is 4.81 Å². The number of halogens is 1. The van der Waals surface area contributed by atoms with Crippen LogP contribution in [0.25, 0.3) is 0 Å². The maximum atomic E-state index is 14.2. The van der Waals surface area contributed by atoms with E-state index in [1.807, 2.05) is 4.81 Å². The number of alkyl halides is 1. The first-order valence-electron chi connectivity index (χ1n) is 5.88. The number of nitrogens with zero attached hydrogens (tertiary/aromatic N) is 1. The Labute approximate surface area is 89.7 Å². The first-order valence-corrected chi connectivity index (χ1v) is 5.88. The second kappa shape index (κ2) is 3.18. The lowest BCUT2D eigenvalue weighted by Gasteiger charge is -2.50. The molecule has 0 amide bonds. The van der Waals surface area contributed by atoms with Crippen molar-refractivity contribution in [1.29, 1.82) is 0 Å². The van der Waals surface area contributed by atoms with Crippen molar-refractivity contribution >= 4 is 7.05 Å². The summed E-state index contributed by atoms with van der Waals surface area (Å²) in [5, 5.41) is 9.71. The van der Waals surface area contributed by atoms with Gasteiger partial charge >= 0.3 is 7.05 Å². The van der Waals surface area contributed by atoms with Crippen molar-refractivity contribution < 1.29 is 14.2 Å². The van der Waals surface area contributed by atoms with Gasteiger partial charge in [-0.2, -0.15) is 0 Å². The van der Waals surface area contributed by atoms with E-state index >= 15 is 0 Å². The van der Waals surface area contributed by atoms with Crippen molar-refractivity contribution in [2.24, 2.45) is 0 Å². The third-order valence-electron chi connectivity index (χ3n) is 4.21. The average molecular weight is 213 g/mol. The maximum Gasteiger partial charge on any atom is 0.376 e. The summed E-state index contributed by atoms with van der Waals surface area (Å²) in [6.45, 7) is 2.32. The van der Waals surface area contributed by atoms with Gasteiger partial charge in [0.2, 0.25) is 0 Å². The molecule has 3 saturated heterocycles. The van der Waals surface area contributed by atoms with E-state index in [0.717, 1.165) is 25.7 Å². The second-order valence-corrected chi connectivity index (χ2v) is 5.19. The fourth-order valence-electron chi connectivity index (χ4n) is 3.45. The standard InChI is InChI=1S/C10H17BFNO2/c1-11(14)13-7-3-2-4-8(13)9(12)10(5-7)6-15-10/h7-9,14H,2-6H2,1H3/t7?,8-,9-,10?/m0/s1. The van der Waals surface area contributed by atoms with Crippen molar-refractivity contribution in [3.8, 4) is 0 Å². The van der Waals surface area contributed by atoms with Gasteiger partial charge in [-0.3, -0.25) is 0 Å². The minimum Gasteiger partial charge on any atom is -0.437 e. The molecule has 0 radical (unpaired) electrons. The number of fused-ring (bicyclic) bond motifs is 2. The molecular formula is C10H17BFNO2. The van der Waals surface area contributed by atoms with Crippen LogP contribution in [0.5, 0.6) is 0 Å². The zero-order valence-electron chi connectivity index (χ0n) is 9.03. The highest BCUT2D eigenvalue weighted by atomic mass is 19.1. The molecule has 2 bridgehead atoms. The van der Waals surface area contributed by atoms with Crippen molar-refractivity contribution in [3.63, 3.8) is 0 Å². The van der Waals surface area contributed by atoms with Crippen LogP contribution < -0.4 is 0 Å². The summed E-state index contributed by atoms with van der Waals surface area (Å²) >= 11 is 0. The quantitative estimate of drug-likeness (QED) is 0.517. The number of hydrogen-bond acceptors (Lipinski definition) is 3. The van der Waals surface area contributed by atoms with Crippen LogP contribution in [0.15, 0.2) is 0 Å². The number of rotatable bonds is 1. The minimum absolute atomic E-state index is 0.125. The summed E-state index contributed by atoms with van der Waals surface area (Å²) in [5.41, 5.74) is -0.471. The molecule has 3 fully saturated rings. The molecule has 1 spiro atoms. The van der Waals surface area contributed by atoms with Gasteiger partial charge in [0.25, 0.3) is 0 Å². The van der Waals surface area contributed by atoms with Gasteiger partial charge in [0.1, 0.15) is 11.8 Å². The van der Waals surface area contributed by atoms with E-state index in [1.54, 1.807) is 6.82 Å². The third-order valence-corrected chi connectivity index (χ3v) is 4.21. The highest BCUT2D eigenvalue weighted by Crippen LogP contribution is 2.49. The van der Waals surface area contributed by atoms with Crippen LogP contribution in [0, 0.1) is 0 Å². The molecule has 2 unspecified atom stereocenters. The summed E-state index contributed by atoms with van der Waals surface area (Å²) < 4.78 is 19.6. The van der Waals surface area contributed by atoms with Crippen LogP contribution in [0.2, 0.25) is 6.82 Å². The lowest BCUT2D eigenvalue weighted by Crippen LogP contribution is -2.65. The van der Waals surface area contributed by atoms with Crippen molar-refractivity contribution in [3.05, 3.63) is 0 Å². The zero-order valence-corrected chi connectivity index (χ0v) is 9.03. The Hall–Kier alpha value is -0.125. The van der Waals surface area contributed by atoms with E-state index in [9.17, 15) is 9.41 Å². The Morgan fingerprint density at radius 2 is 2.27 bits per heavy atom. The molecule has 3 rings (SSSR count). The largest absolute Gasteiger partial charge is 0.437 e. The van der Waals surface area contributed by atoms with Crippen LogP contribution in [0.3, 0.4) is 0 Å². The molecule has 4 atom stereocenters. The van der Waals surface area contributed by atoms with Crippen LogP contribution in [0.4, 0.5) is 4.39 Å². The van der Waals surface area contributed by atoms with E-state index in [-0.39, 0.29) is 6.04 Å². The summed E-state index contributed by atoms with van der Waals surface area (Å²) in [5.74, 6) is 0. The molecule has 1 N–H and O–H groups in total. The molecule has 0 aromatic heterocycles. The van der Waals surface area contributed by atoms with Crippen molar-refractivity contribution in [2.75, 3.05) is 6.61 Å². The molecule has 15 heavy (non-hydrogen) atoms. The smallest absolute Gasteiger partial charge is 0.376 e. The predicted octanol–water partition coefficient (Wildman–Crippen LogP) is 0.831. The van der Waals surface area contributed by atoms with E-state index in [4.69, 9.17) is 4.74 Å². The highest BCUT2D eigenvalue weighted by Gasteiger charge is 2.62. The highest BCUT2D eigenvalue weighted by molar-refractivity contribution is 6.45. The number of ether oxygens (including phenoxy) is 1. The Morgan fingerprint density at radius 1 is 1.53 bits per heavy atom. The zero-order chi connectivity index (χ0) is 10.6. The first kappa shape index (κ1) is 10.1. The number of epoxide rings is 1. The molecule has 3 nitrogen and oxygen atoms in total. The Kier molecular flexibility index (Phi) is 2.13. The molecule has 0 aliphatic carbocycles. The van der Waals surface area contributed by atoms with Crippen LogP contribution >= 0.6 is 0 Å². The molecule has 0 aromatic rings. The van der Waals surface area contributed by atoms with E-state index < -0.39 is 18.8 Å². The van der Waals surface area contributed by atoms with E-state index in [2.05, 4.69) is 0 Å². The van der Waals surface area contributed by atoms with Crippen LogP contribution in [-0.2, 0) is 4.74 Å². The van der Waals surface area contributed by atoms with Gasteiger partial charge in [0.15, 0.2) is 0 Å². The SMILES string of the molecule is CB(O)N1C2CCC[C@H]1[C@H](F)C1(CO1)C2. The fraction of sp³-hybridized carbons (Fsp3) is 1.00. The average Bonchev–Trinajstić information content (AvgIpc) is 2.95. The molecule has 0 aromatic carbocycles.